The number of amides is 1. The number of piperazine rings is 2. The van der Waals surface area contributed by atoms with Gasteiger partial charge in [0, 0.05) is 65.4 Å². The first-order valence-corrected chi connectivity index (χ1v) is 10.1. The molecule has 8 heteroatoms. The lowest BCUT2D eigenvalue weighted by Gasteiger charge is -2.33. The molecule has 0 atom stereocenters. The minimum Gasteiger partial charge on any atom is -0.445 e. The first-order valence-electron chi connectivity index (χ1n) is 10.1. The molecule has 0 radical (unpaired) electrons. The van der Waals surface area contributed by atoms with Crippen LogP contribution >= 0.6 is 0 Å². The normalized spacial score (nSPS) is 18.3. The monoisotopic (exact) mass is 394 g/mol. The summed E-state index contributed by atoms with van der Waals surface area (Å²) in [6.07, 6.45) is -0.257. The van der Waals surface area contributed by atoms with Crippen LogP contribution in [0.25, 0.3) is 0 Å². The topological polar surface area (TPSA) is 88.5 Å². The largest absolute Gasteiger partial charge is 0.445 e. The van der Waals surface area contributed by atoms with E-state index in [2.05, 4.69) is 15.1 Å². The van der Waals surface area contributed by atoms with E-state index in [9.17, 15) is 4.79 Å². The molecule has 2 saturated heterocycles. The number of hydrogen-bond donors (Lipinski definition) is 3. The molecular formula is C20H34N4O4. The summed E-state index contributed by atoms with van der Waals surface area (Å²) in [6.45, 7) is 9.49. The van der Waals surface area contributed by atoms with Crippen molar-refractivity contribution in [2.45, 2.75) is 6.61 Å². The molecule has 0 aromatic heterocycles. The molecule has 2 fully saturated rings. The van der Waals surface area contributed by atoms with Crippen molar-refractivity contribution in [3.63, 3.8) is 0 Å². The number of hydrogen-bond acceptors (Lipinski definition) is 7. The molecule has 3 rings (SSSR count). The summed E-state index contributed by atoms with van der Waals surface area (Å²) in [4.78, 5) is 18.0. The summed E-state index contributed by atoms with van der Waals surface area (Å²) >= 11 is 0. The van der Waals surface area contributed by atoms with Crippen LogP contribution < -0.4 is 5.32 Å². The average Bonchev–Trinajstić information content (AvgIpc) is 2.75. The van der Waals surface area contributed by atoms with Gasteiger partial charge in [0.1, 0.15) is 6.61 Å². The number of aliphatic hydroxyl groups excluding tert-OH is 2. The number of β-amino-alcohol motifs (C(OH)–C–C–N with tert-alkyl or cyclic N) is 2. The Hall–Kier alpha value is -1.71. The fourth-order valence-corrected chi connectivity index (χ4v) is 3.18. The Kier molecular flexibility index (Phi) is 10.9. The van der Waals surface area contributed by atoms with Crippen LogP contribution in [0.4, 0.5) is 4.79 Å². The second-order valence-corrected chi connectivity index (χ2v) is 6.91. The lowest BCUT2D eigenvalue weighted by Crippen LogP contribution is -2.49. The van der Waals surface area contributed by atoms with Crippen molar-refractivity contribution >= 4 is 6.09 Å². The number of rotatable bonds is 6. The maximum atomic E-state index is 11.9. The molecule has 2 heterocycles. The van der Waals surface area contributed by atoms with Crippen LogP contribution in [0, 0.1) is 0 Å². The molecule has 3 N–H and O–H groups in total. The van der Waals surface area contributed by atoms with E-state index in [1.807, 2.05) is 30.3 Å². The summed E-state index contributed by atoms with van der Waals surface area (Å²) < 4.78 is 5.28. The number of nitrogens with one attached hydrogen (secondary N) is 1. The molecule has 0 unspecified atom stereocenters. The van der Waals surface area contributed by atoms with E-state index >= 15 is 0 Å². The Morgan fingerprint density at radius 2 is 1.46 bits per heavy atom. The van der Waals surface area contributed by atoms with Gasteiger partial charge in [0.15, 0.2) is 0 Å². The minimum absolute atomic E-state index is 0.165. The van der Waals surface area contributed by atoms with Crippen molar-refractivity contribution in [1.82, 2.24) is 20.0 Å². The second kappa shape index (κ2) is 13.5. The summed E-state index contributed by atoms with van der Waals surface area (Å²) in [7, 11) is 0. The number of ether oxygens (including phenoxy) is 1. The summed E-state index contributed by atoms with van der Waals surface area (Å²) in [5.41, 5.74) is 0.995. The first kappa shape index (κ1) is 22.6. The Bertz CT molecular complexity index is 530. The van der Waals surface area contributed by atoms with Gasteiger partial charge in [0.2, 0.25) is 0 Å². The smallest absolute Gasteiger partial charge is 0.410 e. The van der Waals surface area contributed by atoms with Gasteiger partial charge in [0.05, 0.1) is 13.2 Å². The molecule has 2 aliphatic rings. The average molecular weight is 395 g/mol. The highest BCUT2D eigenvalue weighted by Crippen LogP contribution is 2.06. The van der Waals surface area contributed by atoms with Crippen molar-refractivity contribution in [1.29, 1.82) is 0 Å². The third-order valence-electron chi connectivity index (χ3n) is 4.88. The number of carbonyl (C=O) groups excluding carboxylic acids is 1. The van der Waals surface area contributed by atoms with Crippen molar-refractivity contribution < 1.29 is 19.7 Å². The quantitative estimate of drug-likeness (QED) is 0.617. The van der Waals surface area contributed by atoms with Gasteiger partial charge in [-0.15, -0.1) is 0 Å². The molecule has 28 heavy (non-hydrogen) atoms. The molecule has 0 bridgehead atoms. The van der Waals surface area contributed by atoms with Gasteiger partial charge >= 0.3 is 6.09 Å². The Balaban J connectivity index is 0.000000261. The van der Waals surface area contributed by atoms with Crippen LogP contribution in [0.15, 0.2) is 30.3 Å². The Morgan fingerprint density at radius 3 is 2.04 bits per heavy atom. The van der Waals surface area contributed by atoms with Crippen molar-refractivity contribution in [2.75, 3.05) is 78.7 Å². The van der Waals surface area contributed by atoms with Crippen molar-refractivity contribution in [3.8, 4) is 0 Å². The fraction of sp³-hybridized carbons (Fsp3) is 0.650. The molecule has 1 amide bonds. The van der Waals surface area contributed by atoms with E-state index in [1.165, 1.54) is 0 Å². The van der Waals surface area contributed by atoms with Crippen LogP contribution in [0.2, 0.25) is 0 Å². The number of nitrogens with zero attached hydrogens (tertiary/aromatic N) is 3. The van der Waals surface area contributed by atoms with E-state index in [0.717, 1.165) is 51.4 Å². The minimum atomic E-state index is -0.257. The molecule has 158 valence electrons. The molecule has 2 aliphatic heterocycles. The van der Waals surface area contributed by atoms with E-state index in [1.54, 1.807) is 4.90 Å². The van der Waals surface area contributed by atoms with E-state index < -0.39 is 0 Å². The molecule has 0 spiro atoms. The molecular weight excluding hydrogens is 360 g/mol. The summed E-state index contributed by atoms with van der Waals surface area (Å²) in [6, 6.07) is 9.66. The van der Waals surface area contributed by atoms with Crippen molar-refractivity contribution in [3.05, 3.63) is 35.9 Å². The molecule has 0 saturated carbocycles. The van der Waals surface area contributed by atoms with Crippen molar-refractivity contribution in [2.24, 2.45) is 0 Å². The maximum absolute atomic E-state index is 11.9. The highest BCUT2D eigenvalue weighted by molar-refractivity contribution is 5.67. The third-order valence-corrected chi connectivity index (χ3v) is 4.88. The number of carbonyl (C=O) groups is 1. The van der Waals surface area contributed by atoms with Crippen LogP contribution in [0.3, 0.4) is 0 Å². The van der Waals surface area contributed by atoms with Crippen LogP contribution in [0.5, 0.6) is 0 Å². The van der Waals surface area contributed by atoms with Gasteiger partial charge in [-0.05, 0) is 5.56 Å². The first-order chi connectivity index (χ1) is 13.7. The van der Waals surface area contributed by atoms with Gasteiger partial charge in [-0.3, -0.25) is 9.80 Å². The van der Waals surface area contributed by atoms with E-state index in [4.69, 9.17) is 14.9 Å². The zero-order valence-corrected chi connectivity index (χ0v) is 16.6. The van der Waals surface area contributed by atoms with E-state index in [-0.39, 0.29) is 12.7 Å². The third kappa shape index (κ3) is 8.53. The standard InChI is InChI=1S/C14H20N2O3.C6H14N2O/c17-11-10-15-6-8-16(9-7-15)14(18)19-12-13-4-2-1-3-5-13;9-6-5-8-3-1-7-2-4-8/h1-5,17H,6-12H2;7,9H,1-6H2. The lowest BCUT2D eigenvalue weighted by molar-refractivity contribution is 0.0674. The highest BCUT2D eigenvalue weighted by Gasteiger charge is 2.21. The Labute approximate surface area is 167 Å². The predicted octanol–water partition coefficient (Wildman–Crippen LogP) is -0.183. The number of aliphatic hydroxyl groups is 2. The van der Waals surface area contributed by atoms with Gasteiger partial charge in [0.25, 0.3) is 0 Å². The van der Waals surface area contributed by atoms with Gasteiger partial charge in [-0.2, -0.15) is 0 Å². The lowest BCUT2D eigenvalue weighted by atomic mass is 10.2. The summed E-state index contributed by atoms with van der Waals surface area (Å²) in [5, 5.41) is 20.7. The Morgan fingerprint density at radius 1 is 0.893 bits per heavy atom. The van der Waals surface area contributed by atoms with Gasteiger partial charge in [-0.1, -0.05) is 30.3 Å². The molecule has 1 aromatic rings. The van der Waals surface area contributed by atoms with Crippen LogP contribution in [-0.4, -0.2) is 110 Å². The number of benzene rings is 1. The van der Waals surface area contributed by atoms with E-state index in [0.29, 0.717) is 32.8 Å². The highest BCUT2D eigenvalue weighted by atomic mass is 16.6. The predicted molar refractivity (Wildman–Crippen MR) is 108 cm³/mol. The second-order valence-electron chi connectivity index (χ2n) is 6.91. The molecule has 8 nitrogen and oxygen atoms in total. The SMILES string of the molecule is O=C(OCc1ccccc1)N1CCN(CCO)CC1.OCCN1CCNCC1. The molecule has 1 aromatic carbocycles. The zero-order chi connectivity index (χ0) is 20.0. The van der Waals surface area contributed by atoms with Gasteiger partial charge in [-0.25, -0.2) is 4.79 Å². The fourth-order valence-electron chi connectivity index (χ4n) is 3.18. The van der Waals surface area contributed by atoms with Crippen LogP contribution in [-0.2, 0) is 11.3 Å². The van der Waals surface area contributed by atoms with Gasteiger partial charge < -0.3 is 25.2 Å². The summed E-state index contributed by atoms with van der Waals surface area (Å²) in [5.74, 6) is 0. The zero-order valence-electron chi connectivity index (χ0n) is 16.6. The molecule has 0 aliphatic carbocycles. The van der Waals surface area contributed by atoms with Crippen LogP contribution in [0.1, 0.15) is 5.56 Å². The maximum Gasteiger partial charge on any atom is 0.410 e.